The van der Waals surface area contributed by atoms with Crippen LogP contribution in [-0.4, -0.2) is 4.98 Å². The molecule has 0 unspecified atom stereocenters. The van der Waals surface area contributed by atoms with E-state index in [1.165, 1.54) is 23.5 Å². The van der Waals surface area contributed by atoms with Crippen molar-refractivity contribution < 1.29 is 9.13 Å². The number of ether oxygens (including phenoxy) is 1. The molecule has 2 nitrogen and oxygen atoms in total. The van der Waals surface area contributed by atoms with Crippen molar-refractivity contribution in [2.24, 2.45) is 0 Å². The molecule has 2 rings (SSSR count). The van der Waals surface area contributed by atoms with Crippen LogP contribution in [-0.2, 0) is 6.61 Å². The number of hydrogen-bond donors (Lipinski definition) is 0. The second-order valence-electron chi connectivity index (χ2n) is 2.68. The van der Waals surface area contributed by atoms with E-state index in [2.05, 4.69) is 10.4 Å². The molecule has 0 aliphatic heterocycles. The van der Waals surface area contributed by atoms with Crippen molar-refractivity contribution in [1.29, 1.82) is 0 Å². The maximum absolute atomic E-state index is 12.8. The molecule has 1 radical (unpaired) electrons. The van der Waals surface area contributed by atoms with Crippen LogP contribution in [0.4, 0.5) is 4.39 Å². The van der Waals surface area contributed by atoms with Gasteiger partial charge in [0.15, 0.2) is 0 Å². The molecule has 1 heterocycles. The topological polar surface area (TPSA) is 22.1 Å². The van der Waals surface area contributed by atoms with Crippen LogP contribution in [0.25, 0.3) is 0 Å². The Hall–Kier alpha value is -1.42. The number of hydrogen-bond acceptors (Lipinski definition) is 3. The van der Waals surface area contributed by atoms with Gasteiger partial charge in [0, 0.05) is 0 Å². The molecule has 0 aliphatic carbocycles. The Labute approximate surface area is 85.0 Å². The van der Waals surface area contributed by atoms with Gasteiger partial charge in [-0.05, 0) is 17.7 Å². The molecule has 1 aromatic carbocycles. The Kier molecular flexibility index (Phi) is 2.74. The average molecular weight is 208 g/mol. The molecule has 1 aromatic heterocycles. The zero-order valence-corrected chi connectivity index (χ0v) is 8.05. The third-order valence-corrected chi connectivity index (χ3v) is 2.14. The lowest BCUT2D eigenvalue weighted by atomic mass is 10.2. The molecule has 0 bridgehead atoms. The number of nitrogens with zero attached hydrogens (tertiary/aromatic N) is 1. The maximum Gasteiger partial charge on any atom is 0.233 e. The number of benzene rings is 1. The molecule has 0 N–H and O–H groups in total. The number of rotatable bonds is 3. The fourth-order valence-corrected chi connectivity index (χ4v) is 1.44. The van der Waals surface area contributed by atoms with E-state index in [1.54, 1.807) is 17.6 Å². The first-order chi connectivity index (χ1) is 6.84. The third kappa shape index (κ3) is 2.29. The molecule has 14 heavy (non-hydrogen) atoms. The van der Waals surface area contributed by atoms with Gasteiger partial charge in [-0.2, -0.15) is 0 Å². The molecule has 71 valence electrons. The van der Waals surface area contributed by atoms with Crippen molar-refractivity contribution in [3.05, 3.63) is 46.5 Å². The van der Waals surface area contributed by atoms with Gasteiger partial charge in [-0.3, -0.25) is 0 Å². The highest BCUT2D eigenvalue weighted by Gasteiger charge is 1.98. The van der Waals surface area contributed by atoms with Crippen molar-refractivity contribution in [3.63, 3.8) is 0 Å². The van der Waals surface area contributed by atoms with Gasteiger partial charge in [0.2, 0.25) is 5.88 Å². The van der Waals surface area contributed by atoms with Crippen LogP contribution in [0.1, 0.15) is 5.56 Å². The normalized spacial score (nSPS) is 10.1. The van der Waals surface area contributed by atoms with Crippen molar-refractivity contribution in [1.82, 2.24) is 4.98 Å². The summed E-state index contributed by atoms with van der Waals surface area (Å²) in [5.41, 5.74) is 2.42. The smallest absolute Gasteiger partial charge is 0.233 e. The van der Waals surface area contributed by atoms with Gasteiger partial charge < -0.3 is 4.74 Å². The molecule has 0 saturated carbocycles. The maximum atomic E-state index is 12.8. The second kappa shape index (κ2) is 4.19. The van der Waals surface area contributed by atoms with E-state index < -0.39 is 0 Å². The molecule has 0 atom stereocenters. The van der Waals surface area contributed by atoms with Crippen molar-refractivity contribution in [3.8, 4) is 5.88 Å². The van der Waals surface area contributed by atoms with Gasteiger partial charge in [-0.25, -0.2) is 9.37 Å². The molecule has 0 saturated heterocycles. The lowest BCUT2D eigenvalue weighted by molar-refractivity contribution is 0.294. The lowest BCUT2D eigenvalue weighted by Gasteiger charge is -2.01. The number of thiazole rings is 1. The van der Waals surface area contributed by atoms with Crippen molar-refractivity contribution in [2.75, 3.05) is 0 Å². The predicted octanol–water partition coefficient (Wildman–Crippen LogP) is 2.66. The number of halogens is 1. The zero-order chi connectivity index (χ0) is 9.80. The summed E-state index contributed by atoms with van der Waals surface area (Å²) in [6, 6.07) is 6.29. The highest BCUT2D eigenvalue weighted by Crippen LogP contribution is 2.11. The second-order valence-corrected chi connectivity index (χ2v) is 3.33. The fraction of sp³-hybridized carbons (Fsp3) is 0.100. The van der Waals surface area contributed by atoms with E-state index in [1.807, 2.05) is 0 Å². The van der Waals surface area contributed by atoms with Crippen LogP contribution in [0, 0.1) is 11.2 Å². The predicted molar refractivity (Wildman–Crippen MR) is 51.7 cm³/mol. The van der Waals surface area contributed by atoms with Gasteiger partial charge in [-0.1, -0.05) is 12.1 Å². The van der Waals surface area contributed by atoms with Gasteiger partial charge in [0.1, 0.15) is 17.8 Å². The molecule has 0 fully saturated rings. The minimum Gasteiger partial charge on any atom is -0.472 e. The van der Waals surface area contributed by atoms with E-state index >= 15 is 0 Å². The molecule has 0 spiro atoms. The van der Waals surface area contributed by atoms with E-state index in [9.17, 15) is 4.39 Å². The summed E-state index contributed by atoms with van der Waals surface area (Å²) in [5, 5.41) is 2.84. The van der Waals surface area contributed by atoms with Crippen LogP contribution in [0.15, 0.2) is 29.8 Å². The highest BCUT2D eigenvalue weighted by atomic mass is 32.1. The van der Waals surface area contributed by atoms with Gasteiger partial charge in [-0.15, -0.1) is 11.3 Å². The largest absolute Gasteiger partial charge is 0.472 e. The quantitative estimate of drug-likeness (QED) is 0.773. The summed E-state index contributed by atoms with van der Waals surface area (Å²) in [4.78, 5) is 3.90. The lowest BCUT2D eigenvalue weighted by Crippen LogP contribution is -1.95. The summed E-state index contributed by atoms with van der Waals surface area (Å²) in [7, 11) is 0. The molecular weight excluding hydrogens is 201 g/mol. The Morgan fingerprint density at radius 3 is 3.14 bits per heavy atom. The zero-order valence-electron chi connectivity index (χ0n) is 7.24. The van der Waals surface area contributed by atoms with Crippen molar-refractivity contribution in [2.45, 2.75) is 6.61 Å². The minimum atomic E-state index is -0.256. The highest BCUT2D eigenvalue weighted by molar-refractivity contribution is 7.07. The van der Waals surface area contributed by atoms with Crippen LogP contribution >= 0.6 is 11.3 Å². The van der Waals surface area contributed by atoms with E-state index in [0.29, 0.717) is 12.5 Å². The fourth-order valence-electron chi connectivity index (χ4n) is 1.02. The van der Waals surface area contributed by atoms with Crippen LogP contribution in [0.5, 0.6) is 5.88 Å². The summed E-state index contributed by atoms with van der Waals surface area (Å²) >= 11 is 1.34. The molecule has 0 amide bonds. The standard InChI is InChI=1S/C10H7FNOS/c11-9-3-1-2-8(4-9)5-13-10-6-14-7-12-10/h1-4,7H,5H2. The van der Waals surface area contributed by atoms with E-state index in [4.69, 9.17) is 4.74 Å². The minimum absolute atomic E-state index is 0.256. The Balaban J connectivity index is 1.98. The molecule has 2 aromatic rings. The molecule has 0 aliphatic rings. The van der Waals surface area contributed by atoms with Crippen LogP contribution in [0.2, 0.25) is 0 Å². The first kappa shape index (κ1) is 9.15. The van der Waals surface area contributed by atoms with Gasteiger partial charge in [0.05, 0.1) is 5.51 Å². The summed E-state index contributed by atoms with van der Waals surface area (Å²) in [5.74, 6) is 0.201. The van der Waals surface area contributed by atoms with E-state index in [-0.39, 0.29) is 5.82 Å². The number of aromatic nitrogens is 1. The molecule has 4 heteroatoms. The van der Waals surface area contributed by atoms with Crippen molar-refractivity contribution >= 4 is 11.3 Å². The van der Waals surface area contributed by atoms with Crippen LogP contribution < -0.4 is 4.74 Å². The summed E-state index contributed by atoms with van der Waals surface area (Å²) < 4.78 is 18.0. The Morgan fingerprint density at radius 2 is 2.43 bits per heavy atom. The Bertz CT molecular complexity index is 402. The first-order valence-electron chi connectivity index (χ1n) is 4.03. The molecular formula is C10H7FNOS. The van der Waals surface area contributed by atoms with Gasteiger partial charge in [0.25, 0.3) is 0 Å². The third-order valence-electron chi connectivity index (χ3n) is 1.63. The summed E-state index contributed by atoms with van der Waals surface area (Å²) in [6.07, 6.45) is 0. The van der Waals surface area contributed by atoms with Crippen LogP contribution in [0.3, 0.4) is 0 Å². The van der Waals surface area contributed by atoms with Gasteiger partial charge >= 0.3 is 0 Å². The van der Waals surface area contributed by atoms with E-state index in [0.717, 1.165) is 5.56 Å². The average Bonchev–Trinajstić information content (AvgIpc) is 2.67. The Morgan fingerprint density at radius 1 is 1.50 bits per heavy atom. The monoisotopic (exact) mass is 208 g/mol. The first-order valence-corrected chi connectivity index (χ1v) is 4.91. The summed E-state index contributed by atoms with van der Waals surface area (Å²) in [6.45, 7) is 0.317. The SMILES string of the molecule is Fc1cccc(COc2[c]scn2)c1.